The van der Waals surface area contributed by atoms with E-state index < -0.39 is 0 Å². The smallest absolute Gasteiger partial charge is 0.227 e. The van der Waals surface area contributed by atoms with E-state index in [1.54, 1.807) is 0 Å². The Hall–Kier alpha value is -0.650. The van der Waals surface area contributed by atoms with Crippen LogP contribution in [0.15, 0.2) is 0 Å². The fourth-order valence-electron chi connectivity index (χ4n) is 2.35. The first-order valence-corrected chi connectivity index (χ1v) is 7.42. The summed E-state index contributed by atoms with van der Waals surface area (Å²) in [4.78, 5) is 12.1. The summed E-state index contributed by atoms with van der Waals surface area (Å²) in [7, 11) is 0. The Labute approximate surface area is 116 Å². The van der Waals surface area contributed by atoms with Crippen LogP contribution >= 0.6 is 0 Å². The largest absolute Gasteiger partial charge is 0.396 e. The summed E-state index contributed by atoms with van der Waals surface area (Å²) in [6.07, 6.45) is 2.77. The molecule has 0 aromatic carbocycles. The molecule has 0 saturated carbocycles. The van der Waals surface area contributed by atoms with Gasteiger partial charge >= 0.3 is 0 Å². The van der Waals surface area contributed by atoms with E-state index >= 15 is 0 Å². The van der Waals surface area contributed by atoms with Gasteiger partial charge in [-0.1, -0.05) is 20.3 Å². The van der Waals surface area contributed by atoms with Crippen molar-refractivity contribution in [3.63, 3.8) is 0 Å². The van der Waals surface area contributed by atoms with E-state index in [9.17, 15) is 4.79 Å². The van der Waals surface area contributed by atoms with Gasteiger partial charge in [0.25, 0.3) is 0 Å². The number of hydrogen-bond acceptors (Lipinski definition) is 4. The molecule has 0 radical (unpaired) electrons. The molecule has 0 bridgehead atoms. The molecule has 0 spiro atoms. The highest BCUT2D eigenvalue weighted by Gasteiger charge is 2.33. The van der Waals surface area contributed by atoms with E-state index in [-0.39, 0.29) is 24.5 Å². The number of ether oxygens (including phenoxy) is 1. The number of carbonyl (C=O) groups excluding carboxylic acids is 1. The molecule has 1 fully saturated rings. The lowest BCUT2D eigenvalue weighted by atomic mass is 10.00. The predicted octanol–water partition coefficient (Wildman–Crippen LogP) is 0.526. The van der Waals surface area contributed by atoms with Gasteiger partial charge in [-0.3, -0.25) is 4.79 Å². The monoisotopic (exact) mass is 272 g/mol. The van der Waals surface area contributed by atoms with E-state index in [0.717, 1.165) is 25.8 Å². The number of carbonyl (C=O) groups is 1. The Morgan fingerprint density at radius 3 is 2.84 bits per heavy atom. The minimum Gasteiger partial charge on any atom is -0.396 e. The van der Waals surface area contributed by atoms with Crippen molar-refractivity contribution in [1.29, 1.82) is 0 Å². The van der Waals surface area contributed by atoms with Gasteiger partial charge in [0.1, 0.15) is 0 Å². The Balaban J connectivity index is 2.34. The van der Waals surface area contributed by atoms with Crippen LogP contribution in [0.25, 0.3) is 0 Å². The highest BCUT2D eigenvalue weighted by Crippen LogP contribution is 2.14. The van der Waals surface area contributed by atoms with Crippen molar-refractivity contribution in [2.45, 2.75) is 39.2 Å². The maximum absolute atomic E-state index is 12.1. The molecule has 3 atom stereocenters. The van der Waals surface area contributed by atoms with Crippen LogP contribution in [0.5, 0.6) is 0 Å². The van der Waals surface area contributed by atoms with Gasteiger partial charge in [-0.2, -0.15) is 0 Å². The molecule has 0 aliphatic carbocycles. The summed E-state index contributed by atoms with van der Waals surface area (Å²) >= 11 is 0. The second-order valence-corrected chi connectivity index (χ2v) is 5.24. The van der Waals surface area contributed by atoms with Gasteiger partial charge in [0, 0.05) is 19.2 Å². The molecule has 3 unspecified atom stereocenters. The third kappa shape index (κ3) is 5.47. The van der Waals surface area contributed by atoms with Gasteiger partial charge in [0.05, 0.1) is 19.1 Å². The number of amides is 1. The standard InChI is InChI=1S/C14H28N2O3/c1-3-6-15-13-10-19-9-12(13)14(18)16-8-11(4-2)5-7-17/h11-13,15,17H,3-10H2,1-2H3,(H,16,18). The molecule has 1 amide bonds. The van der Waals surface area contributed by atoms with Crippen LogP contribution in [0.4, 0.5) is 0 Å². The van der Waals surface area contributed by atoms with E-state index in [1.165, 1.54) is 0 Å². The maximum Gasteiger partial charge on any atom is 0.227 e. The highest BCUT2D eigenvalue weighted by atomic mass is 16.5. The van der Waals surface area contributed by atoms with Gasteiger partial charge in [-0.05, 0) is 25.3 Å². The molecule has 5 heteroatoms. The van der Waals surface area contributed by atoms with E-state index in [0.29, 0.717) is 25.7 Å². The van der Waals surface area contributed by atoms with Crippen LogP contribution in [0.1, 0.15) is 33.1 Å². The summed E-state index contributed by atoms with van der Waals surface area (Å²) in [5.41, 5.74) is 0. The van der Waals surface area contributed by atoms with Gasteiger partial charge < -0.3 is 20.5 Å². The third-order valence-corrected chi connectivity index (χ3v) is 3.75. The van der Waals surface area contributed by atoms with Crippen molar-refractivity contribution in [2.24, 2.45) is 11.8 Å². The lowest BCUT2D eigenvalue weighted by Crippen LogP contribution is -2.45. The molecule has 5 nitrogen and oxygen atoms in total. The first kappa shape index (κ1) is 16.4. The first-order chi connectivity index (χ1) is 9.22. The summed E-state index contributed by atoms with van der Waals surface area (Å²) in [5.74, 6) is 0.346. The van der Waals surface area contributed by atoms with Gasteiger partial charge in [-0.15, -0.1) is 0 Å². The number of rotatable bonds is 9. The van der Waals surface area contributed by atoms with Crippen molar-refractivity contribution in [2.75, 3.05) is 32.9 Å². The Morgan fingerprint density at radius 1 is 1.42 bits per heavy atom. The summed E-state index contributed by atoms with van der Waals surface area (Å²) in [6, 6.07) is 0.137. The zero-order valence-corrected chi connectivity index (χ0v) is 12.2. The normalized spacial score (nSPS) is 24.4. The van der Waals surface area contributed by atoms with Crippen molar-refractivity contribution in [3.8, 4) is 0 Å². The highest BCUT2D eigenvalue weighted by molar-refractivity contribution is 5.79. The Morgan fingerprint density at radius 2 is 2.21 bits per heavy atom. The van der Waals surface area contributed by atoms with Crippen molar-refractivity contribution in [1.82, 2.24) is 10.6 Å². The van der Waals surface area contributed by atoms with E-state index in [1.807, 2.05) is 0 Å². The minimum absolute atomic E-state index is 0.0718. The summed E-state index contributed by atoms with van der Waals surface area (Å²) in [5, 5.41) is 15.3. The summed E-state index contributed by atoms with van der Waals surface area (Å²) < 4.78 is 5.41. The fourth-order valence-corrected chi connectivity index (χ4v) is 2.35. The third-order valence-electron chi connectivity index (χ3n) is 3.75. The zero-order chi connectivity index (χ0) is 14.1. The molecule has 1 saturated heterocycles. The second-order valence-electron chi connectivity index (χ2n) is 5.24. The van der Waals surface area contributed by atoms with Crippen LogP contribution < -0.4 is 10.6 Å². The van der Waals surface area contributed by atoms with Crippen LogP contribution in [0.3, 0.4) is 0 Å². The number of hydrogen-bond donors (Lipinski definition) is 3. The molecular weight excluding hydrogens is 244 g/mol. The molecular formula is C14H28N2O3. The Bertz CT molecular complexity index is 261. The number of aliphatic hydroxyl groups excluding tert-OH is 1. The molecule has 3 N–H and O–H groups in total. The molecule has 1 rings (SSSR count). The Kier molecular flexibility index (Phi) is 8.02. The lowest BCUT2D eigenvalue weighted by molar-refractivity contribution is -0.125. The molecule has 0 aromatic heterocycles. The molecule has 1 aliphatic heterocycles. The summed E-state index contributed by atoms with van der Waals surface area (Å²) in [6.45, 7) is 7.06. The maximum atomic E-state index is 12.1. The molecule has 1 heterocycles. The molecule has 19 heavy (non-hydrogen) atoms. The van der Waals surface area contributed by atoms with Crippen LogP contribution in [0.2, 0.25) is 0 Å². The molecule has 1 aliphatic rings. The average molecular weight is 272 g/mol. The SMILES string of the molecule is CCCNC1COCC1C(=O)NCC(CC)CCO. The first-order valence-electron chi connectivity index (χ1n) is 7.42. The van der Waals surface area contributed by atoms with Crippen molar-refractivity contribution >= 4 is 5.91 Å². The minimum atomic E-state index is -0.0850. The van der Waals surface area contributed by atoms with Crippen LogP contribution in [0, 0.1) is 11.8 Å². The number of aliphatic hydroxyl groups is 1. The van der Waals surface area contributed by atoms with Gasteiger partial charge in [0.15, 0.2) is 0 Å². The van der Waals surface area contributed by atoms with E-state index in [2.05, 4.69) is 24.5 Å². The number of nitrogens with one attached hydrogen (secondary N) is 2. The predicted molar refractivity (Wildman–Crippen MR) is 74.9 cm³/mol. The van der Waals surface area contributed by atoms with Gasteiger partial charge in [0.2, 0.25) is 5.91 Å². The van der Waals surface area contributed by atoms with Crippen LogP contribution in [-0.4, -0.2) is 50.0 Å². The zero-order valence-electron chi connectivity index (χ0n) is 12.2. The van der Waals surface area contributed by atoms with Crippen molar-refractivity contribution in [3.05, 3.63) is 0 Å². The topological polar surface area (TPSA) is 70.6 Å². The molecule has 0 aromatic rings. The van der Waals surface area contributed by atoms with Crippen LogP contribution in [-0.2, 0) is 9.53 Å². The van der Waals surface area contributed by atoms with E-state index in [4.69, 9.17) is 9.84 Å². The lowest BCUT2D eigenvalue weighted by Gasteiger charge is -2.20. The average Bonchev–Trinajstić information content (AvgIpc) is 2.89. The quantitative estimate of drug-likeness (QED) is 0.572. The van der Waals surface area contributed by atoms with Crippen molar-refractivity contribution < 1.29 is 14.6 Å². The fraction of sp³-hybridized carbons (Fsp3) is 0.929. The van der Waals surface area contributed by atoms with Gasteiger partial charge in [-0.25, -0.2) is 0 Å². The second kappa shape index (κ2) is 9.28. The molecule has 112 valence electrons.